The first-order chi connectivity index (χ1) is 5.76. The molecule has 1 fully saturated rings. The molecule has 1 aliphatic heterocycles. The van der Waals surface area contributed by atoms with E-state index in [1.807, 2.05) is 0 Å². The van der Waals surface area contributed by atoms with E-state index in [1.54, 1.807) is 0 Å². The van der Waals surface area contributed by atoms with Gasteiger partial charge in [0.1, 0.15) is 6.04 Å². The summed E-state index contributed by atoms with van der Waals surface area (Å²) in [4.78, 5) is 41.5. The standard InChI is InChI=1S/C5H9N2O4PS/c1-3-4(8)6(2)5(9)7(3)12(10,11)13/h3H,1-2H3,(H2,10,11,13). The zero-order valence-corrected chi connectivity index (χ0v) is 8.75. The van der Waals surface area contributed by atoms with Gasteiger partial charge >= 0.3 is 6.03 Å². The molecule has 6 nitrogen and oxygen atoms in total. The number of imide groups is 1. The Morgan fingerprint density at radius 1 is 1.46 bits per heavy atom. The highest BCUT2D eigenvalue weighted by atomic mass is 32.5. The van der Waals surface area contributed by atoms with Gasteiger partial charge in [-0.25, -0.2) is 9.46 Å². The third-order valence-electron chi connectivity index (χ3n) is 1.82. The van der Waals surface area contributed by atoms with Crippen LogP contribution < -0.4 is 0 Å². The fourth-order valence-electron chi connectivity index (χ4n) is 1.14. The number of amides is 3. The quantitative estimate of drug-likeness (QED) is 0.462. The summed E-state index contributed by atoms with van der Waals surface area (Å²) in [5.74, 6) is -0.484. The molecule has 1 unspecified atom stereocenters. The summed E-state index contributed by atoms with van der Waals surface area (Å²) in [6.07, 6.45) is 0. The van der Waals surface area contributed by atoms with E-state index in [0.29, 0.717) is 4.67 Å². The van der Waals surface area contributed by atoms with Crippen molar-refractivity contribution in [2.75, 3.05) is 7.05 Å². The molecule has 0 saturated carbocycles. The van der Waals surface area contributed by atoms with Crippen LogP contribution in [0.15, 0.2) is 0 Å². The van der Waals surface area contributed by atoms with Crippen molar-refractivity contribution < 1.29 is 19.4 Å². The number of likely N-dealkylation sites (N-methyl/N-ethyl adjacent to an activating group) is 1. The third-order valence-corrected chi connectivity index (χ3v) is 3.43. The molecular formula is C5H9N2O4PS. The highest BCUT2D eigenvalue weighted by Gasteiger charge is 2.46. The Balaban J connectivity index is 3.09. The van der Waals surface area contributed by atoms with Gasteiger partial charge in [-0.1, -0.05) is 0 Å². The van der Waals surface area contributed by atoms with E-state index in [1.165, 1.54) is 14.0 Å². The highest BCUT2D eigenvalue weighted by molar-refractivity contribution is 8.08. The molecule has 3 amide bonds. The first kappa shape index (κ1) is 10.6. The molecule has 0 aliphatic carbocycles. The minimum absolute atomic E-state index is 0.484. The van der Waals surface area contributed by atoms with Crippen LogP contribution in [-0.2, 0) is 16.6 Å². The molecule has 74 valence electrons. The Kier molecular flexibility index (Phi) is 2.46. The van der Waals surface area contributed by atoms with E-state index in [-0.39, 0.29) is 0 Å². The molecule has 1 rings (SSSR count). The molecular weight excluding hydrogens is 215 g/mol. The van der Waals surface area contributed by atoms with Crippen LogP contribution in [0.25, 0.3) is 0 Å². The van der Waals surface area contributed by atoms with Crippen LogP contribution in [0.4, 0.5) is 4.79 Å². The maximum Gasteiger partial charge on any atom is 0.334 e. The number of nitrogens with zero attached hydrogens (tertiary/aromatic N) is 2. The zero-order valence-electron chi connectivity index (χ0n) is 7.04. The van der Waals surface area contributed by atoms with Crippen LogP contribution in [0, 0.1) is 0 Å². The lowest BCUT2D eigenvalue weighted by atomic mass is 10.3. The maximum atomic E-state index is 11.2. The Morgan fingerprint density at radius 3 is 2.08 bits per heavy atom. The van der Waals surface area contributed by atoms with Crippen LogP contribution in [0.3, 0.4) is 0 Å². The molecule has 1 aliphatic rings. The number of carbonyl (C=O) groups is 2. The highest BCUT2D eigenvalue weighted by Crippen LogP contribution is 2.45. The number of hydrogen-bond donors (Lipinski definition) is 2. The van der Waals surface area contributed by atoms with Crippen LogP contribution in [0.1, 0.15) is 6.92 Å². The summed E-state index contributed by atoms with van der Waals surface area (Å²) >= 11 is 4.35. The number of rotatable bonds is 1. The van der Waals surface area contributed by atoms with Gasteiger partial charge in [-0.05, 0) is 18.7 Å². The van der Waals surface area contributed by atoms with Gasteiger partial charge in [-0.15, -0.1) is 0 Å². The molecule has 0 aromatic heterocycles. The minimum atomic E-state index is -3.85. The molecule has 0 radical (unpaired) electrons. The second-order valence-electron chi connectivity index (χ2n) is 2.71. The largest absolute Gasteiger partial charge is 0.334 e. The van der Waals surface area contributed by atoms with Crippen LogP contribution in [-0.4, -0.2) is 44.4 Å². The second kappa shape index (κ2) is 3.02. The third kappa shape index (κ3) is 1.60. The molecule has 2 N–H and O–H groups in total. The van der Waals surface area contributed by atoms with E-state index in [4.69, 9.17) is 9.79 Å². The van der Waals surface area contributed by atoms with E-state index < -0.39 is 24.6 Å². The van der Waals surface area contributed by atoms with Gasteiger partial charge in [0, 0.05) is 7.05 Å². The lowest BCUT2D eigenvalue weighted by Crippen LogP contribution is -2.29. The average Bonchev–Trinajstić information content (AvgIpc) is 2.14. The van der Waals surface area contributed by atoms with E-state index >= 15 is 0 Å². The molecule has 0 spiro atoms. The van der Waals surface area contributed by atoms with Crippen molar-refractivity contribution in [3.05, 3.63) is 0 Å². The Labute approximate surface area is 80.0 Å². The van der Waals surface area contributed by atoms with Crippen molar-refractivity contribution in [3.63, 3.8) is 0 Å². The van der Waals surface area contributed by atoms with E-state index in [0.717, 1.165) is 4.90 Å². The van der Waals surface area contributed by atoms with Gasteiger partial charge in [0.15, 0.2) is 0 Å². The molecule has 13 heavy (non-hydrogen) atoms. The van der Waals surface area contributed by atoms with Gasteiger partial charge in [0.25, 0.3) is 12.5 Å². The Morgan fingerprint density at radius 2 is 1.92 bits per heavy atom. The van der Waals surface area contributed by atoms with Gasteiger partial charge in [-0.3, -0.25) is 9.69 Å². The van der Waals surface area contributed by atoms with Gasteiger partial charge in [-0.2, -0.15) is 0 Å². The van der Waals surface area contributed by atoms with Crippen LogP contribution in [0.5, 0.6) is 0 Å². The minimum Gasteiger partial charge on any atom is -0.329 e. The van der Waals surface area contributed by atoms with Crippen molar-refractivity contribution in [1.29, 1.82) is 0 Å². The summed E-state index contributed by atoms with van der Waals surface area (Å²) in [6.45, 7) is -2.45. The van der Waals surface area contributed by atoms with Crippen LogP contribution in [0.2, 0.25) is 0 Å². The summed E-state index contributed by atoms with van der Waals surface area (Å²) in [7, 11) is 1.27. The zero-order chi connectivity index (χ0) is 10.4. The predicted octanol–water partition coefficient (Wildman–Crippen LogP) is -0.522. The fraction of sp³-hybridized carbons (Fsp3) is 0.600. The monoisotopic (exact) mass is 224 g/mol. The summed E-state index contributed by atoms with van der Waals surface area (Å²) in [6, 6.07) is -1.65. The lowest BCUT2D eigenvalue weighted by Gasteiger charge is -2.22. The Bertz CT molecular complexity index is 314. The number of hydrogen-bond acceptors (Lipinski definition) is 3. The van der Waals surface area contributed by atoms with Gasteiger partial charge < -0.3 is 9.79 Å². The first-order valence-corrected chi connectivity index (χ1v) is 6.09. The van der Waals surface area contributed by atoms with Crippen molar-refractivity contribution >= 4 is 30.4 Å². The molecule has 1 atom stereocenters. The molecule has 1 heterocycles. The summed E-state index contributed by atoms with van der Waals surface area (Å²) < 4.78 is 0.644. The fourth-order valence-corrected chi connectivity index (χ4v) is 2.68. The molecule has 8 heteroatoms. The van der Waals surface area contributed by atoms with E-state index in [9.17, 15) is 9.59 Å². The van der Waals surface area contributed by atoms with Crippen LogP contribution >= 0.6 is 6.64 Å². The van der Waals surface area contributed by atoms with Crippen molar-refractivity contribution in [1.82, 2.24) is 9.57 Å². The number of urea groups is 1. The predicted molar refractivity (Wildman–Crippen MR) is 48.2 cm³/mol. The second-order valence-corrected chi connectivity index (χ2v) is 5.64. The van der Waals surface area contributed by atoms with Gasteiger partial charge in [0.05, 0.1) is 0 Å². The Hall–Kier alpha value is -0.490. The topological polar surface area (TPSA) is 81.1 Å². The molecule has 0 aromatic carbocycles. The average molecular weight is 224 g/mol. The van der Waals surface area contributed by atoms with Crippen molar-refractivity contribution in [2.45, 2.75) is 13.0 Å². The lowest BCUT2D eigenvalue weighted by molar-refractivity contribution is -0.126. The SMILES string of the molecule is CC1C(=O)N(C)C(=O)N1P(O)(O)=S. The van der Waals surface area contributed by atoms with Crippen molar-refractivity contribution in [3.8, 4) is 0 Å². The van der Waals surface area contributed by atoms with Gasteiger partial charge in [0.2, 0.25) is 0 Å². The summed E-state index contributed by atoms with van der Waals surface area (Å²) in [5, 5.41) is 0. The smallest absolute Gasteiger partial charge is 0.329 e. The molecule has 0 aromatic rings. The number of carbonyl (C=O) groups excluding carboxylic acids is 2. The summed E-state index contributed by atoms with van der Waals surface area (Å²) in [5.41, 5.74) is 0. The van der Waals surface area contributed by atoms with Crippen molar-refractivity contribution in [2.24, 2.45) is 0 Å². The maximum absolute atomic E-state index is 11.2. The molecule has 0 bridgehead atoms. The first-order valence-electron chi connectivity index (χ1n) is 3.43. The molecule has 1 saturated heterocycles. The normalized spacial score (nSPS) is 24.5. The van der Waals surface area contributed by atoms with E-state index in [2.05, 4.69) is 11.8 Å².